The molecule has 5 rings (SSSR count). The number of fused-ring (bicyclic) bond motifs is 1. The Morgan fingerprint density at radius 2 is 1.39 bits per heavy atom. The molecule has 0 spiro atoms. The van der Waals surface area contributed by atoms with E-state index in [1.165, 1.54) is 0 Å². The summed E-state index contributed by atoms with van der Waals surface area (Å²) in [6.07, 6.45) is 0. The number of ether oxygens (including phenoxy) is 1. The van der Waals surface area contributed by atoms with Gasteiger partial charge in [-0.3, -0.25) is 9.59 Å². The summed E-state index contributed by atoms with van der Waals surface area (Å²) in [5, 5.41) is 0.443. The highest BCUT2D eigenvalue weighted by atomic mass is 16.5. The molecular weight excluding hydrogens is 448 g/mol. The van der Waals surface area contributed by atoms with Gasteiger partial charge in [0.05, 0.1) is 5.39 Å². The average molecular weight is 475 g/mol. The van der Waals surface area contributed by atoms with Crippen LogP contribution in [0.15, 0.2) is 100 Å². The summed E-state index contributed by atoms with van der Waals surface area (Å²) in [6.45, 7) is 5.57. The normalized spacial score (nSPS) is 11.0. The highest BCUT2D eigenvalue weighted by molar-refractivity contribution is 5.98. The van der Waals surface area contributed by atoms with Gasteiger partial charge >= 0.3 is 0 Å². The molecule has 0 N–H and O–H groups in total. The van der Waals surface area contributed by atoms with Gasteiger partial charge in [0.2, 0.25) is 11.2 Å². The fourth-order valence-corrected chi connectivity index (χ4v) is 4.36. The fraction of sp³-hybridized carbons (Fsp3) is 0.125. The van der Waals surface area contributed by atoms with Gasteiger partial charge in [-0.25, -0.2) is 0 Å². The number of aryl methyl sites for hydroxylation is 3. The zero-order valence-corrected chi connectivity index (χ0v) is 20.5. The Balaban J connectivity index is 1.49. The Morgan fingerprint density at radius 3 is 2.08 bits per heavy atom. The van der Waals surface area contributed by atoms with E-state index in [4.69, 9.17) is 9.15 Å². The fourth-order valence-electron chi connectivity index (χ4n) is 4.36. The SMILES string of the molecule is Cc1ccc(-c2oc3c(C)cc(C)cc3c(=O)c2OCC(=O)c2ccc(-c3ccccc3)cc2)cc1. The van der Waals surface area contributed by atoms with Crippen molar-refractivity contribution in [3.63, 3.8) is 0 Å². The highest BCUT2D eigenvalue weighted by Gasteiger charge is 2.20. The number of benzene rings is 4. The van der Waals surface area contributed by atoms with Crippen molar-refractivity contribution in [3.05, 3.63) is 123 Å². The van der Waals surface area contributed by atoms with Crippen molar-refractivity contribution >= 4 is 16.8 Å². The summed E-state index contributed by atoms with van der Waals surface area (Å²) >= 11 is 0. The topological polar surface area (TPSA) is 56.5 Å². The Kier molecular flexibility index (Phi) is 6.26. The van der Waals surface area contributed by atoms with Crippen molar-refractivity contribution in [1.29, 1.82) is 0 Å². The molecule has 4 heteroatoms. The quantitative estimate of drug-likeness (QED) is 0.242. The zero-order chi connectivity index (χ0) is 25.2. The molecule has 0 saturated carbocycles. The van der Waals surface area contributed by atoms with Crippen LogP contribution in [0.1, 0.15) is 27.0 Å². The first-order chi connectivity index (χ1) is 17.4. The summed E-state index contributed by atoms with van der Waals surface area (Å²) in [5.74, 6) is 0.154. The Labute approximate surface area is 209 Å². The summed E-state index contributed by atoms with van der Waals surface area (Å²) in [5.41, 5.74) is 6.49. The van der Waals surface area contributed by atoms with Gasteiger partial charge < -0.3 is 9.15 Å². The first kappa shape index (κ1) is 23.3. The predicted octanol–water partition coefficient (Wildman–Crippen LogP) is 7.31. The summed E-state index contributed by atoms with van der Waals surface area (Å²) in [4.78, 5) is 26.5. The molecule has 1 aromatic heterocycles. The molecule has 0 fully saturated rings. The Bertz CT molecular complexity index is 1610. The van der Waals surface area contributed by atoms with Crippen LogP contribution in [0.25, 0.3) is 33.4 Å². The minimum absolute atomic E-state index is 0.0469. The van der Waals surface area contributed by atoms with Crippen LogP contribution in [-0.4, -0.2) is 12.4 Å². The lowest BCUT2D eigenvalue weighted by Gasteiger charge is -2.13. The third-order valence-corrected chi connectivity index (χ3v) is 6.26. The van der Waals surface area contributed by atoms with Gasteiger partial charge in [0.1, 0.15) is 5.58 Å². The molecule has 4 aromatic carbocycles. The molecule has 1 heterocycles. The van der Waals surface area contributed by atoms with Crippen LogP contribution in [0.5, 0.6) is 5.75 Å². The molecule has 36 heavy (non-hydrogen) atoms. The van der Waals surface area contributed by atoms with E-state index in [-0.39, 0.29) is 23.6 Å². The molecule has 0 atom stereocenters. The highest BCUT2D eigenvalue weighted by Crippen LogP contribution is 2.33. The van der Waals surface area contributed by atoms with Crippen molar-refractivity contribution < 1.29 is 13.9 Å². The molecule has 0 saturated heterocycles. The molecule has 0 bridgehead atoms. The molecule has 0 radical (unpaired) electrons. The lowest BCUT2D eigenvalue weighted by atomic mass is 10.0. The number of ketones is 1. The molecule has 0 aliphatic carbocycles. The van der Waals surface area contributed by atoms with Crippen LogP contribution in [-0.2, 0) is 0 Å². The van der Waals surface area contributed by atoms with Gasteiger partial charge in [-0.1, -0.05) is 90.5 Å². The number of Topliss-reactive ketones (excluding diaryl/α,β-unsaturated/α-hetero) is 1. The molecule has 0 unspecified atom stereocenters. The number of hydrogen-bond acceptors (Lipinski definition) is 4. The largest absolute Gasteiger partial charge is 0.478 e. The summed E-state index contributed by atoms with van der Waals surface area (Å²) in [7, 11) is 0. The van der Waals surface area contributed by atoms with Crippen molar-refractivity contribution in [2.24, 2.45) is 0 Å². The van der Waals surface area contributed by atoms with Crippen molar-refractivity contribution in [1.82, 2.24) is 0 Å². The van der Waals surface area contributed by atoms with Crippen LogP contribution >= 0.6 is 0 Å². The monoisotopic (exact) mass is 474 g/mol. The van der Waals surface area contributed by atoms with E-state index in [2.05, 4.69) is 0 Å². The molecular formula is C32H26O4. The maximum absolute atomic E-state index is 13.5. The first-order valence-corrected chi connectivity index (χ1v) is 11.9. The van der Waals surface area contributed by atoms with Gasteiger partial charge in [-0.2, -0.15) is 0 Å². The predicted molar refractivity (Wildman–Crippen MR) is 144 cm³/mol. The number of rotatable bonds is 6. The van der Waals surface area contributed by atoms with Crippen molar-refractivity contribution in [3.8, 4) is 28.2 Å². The van der Waals surface area contributed by atoms with E-state index in [1.54, 1.807) is 18.2 Å². The molecule has 178 valence electrons. The lowest BCUT2D eigenvalue weighted by Crippen LogP contribution is -2.17. The molecule has 4 nitrogen and oxygen atoms in total. The third kappa shape index (κ3) is 4.58. The molecule has 0 aliphatic rings. The van der Waals surface area contributed by atoms with Crippen LogP contribution < -0.4 is 10.2 Å². The number of carbonyl (C=O) groups is 1. The van der Waals surface area contributed by atoms with E-state index in [1.807, 2.05) is 93.6 Å². The summed E-state index contributed by atoms with van der Waals surface area (Å²) in [6, 6.07) is 28.8. The standard InChI is InChI=1S/C32H26O4/c1-20-9-11-26(12-10-20)31-32(29(34)27-18-21(2)17-22(3)30(27)36-31)35-19-28(33)25-15-13-24(14-16-25)23-7-5-4-6-8-23/h4-18H,19H2,1-3H3. The molecule has 5 aromatic rings. The van der Waals surface area contributed by atoms with Gasteiger partial charge in [0.15, 0.2) is 18.2 Å². The number of hydrogen-bond donors (Lipinski definition) is 0. The van der Waals surface area contributed by atoms with Gasteiger partial charge in [0, 0.05) is 11.1 Å². The minimum atomic E-state index is -0.286. The summed E-state index contributed by atoms with van der Waals surface area (Å²) < 4.78 is 12.2. The second-order valence-electron chi connectivity index (χ2n) is 9.07. The van der Waals surface area contributed by atoms with E-state index >= 15 is 0 Å². The minimum Gasteiger partial charge on any atom is -0.478 e. The molecule has 0 aliphatic heterocycles. The number of carbonyl (C=O) groups excluding carboxylic acids is 1. The second-order valence-corrected chi connectivity index (χ2v) is 9.07. The lowest BCUT2D eigenvalue weighted by molar-refractivity contribution is 0.0920. The van der Waals surface area contributed by atoms with E-state index in [9.17, 15) is 9.59 Å². The van der Waals surface area contributed by atoms with Crippen molar-refractivity contribution in [2.75, 3.05) is 6.61 Å². The maximum atomic E-state index is 13.5. The zero-order valence-electron chi connectivity index (χ0n) is 20.5. The van der Waals surface area contributed by atoms with Crippen LogP contribution in [0.4, 0.5) is 0 Å². The van der Waals surface area contributed by atoms with E-state index in [0.29, 0.717) is 27.9 Å². The van der Waals surface area contributed by atoms with Crippen LogP contribution in [0.3, 0.4) is 0 Å². The first-order valence-electron chi connectivity index (χ1n) is 11.9. The van der Waals surface area contributed by atoms with Gasteiger partial charge in [-0.15, -0.1) is 0 Å². The van der Waals surface area contributed by atoms with Crippen molar-refractivity contribution in [2.45, 2.75) is 20.8 Å². The van der Waals surface area contributed by atoms with Gasteiger partial charge in [-0.05, 0) is 49.1 Å². The Morgan fingerprint density at radius 1 is 0.750 bits per heavy atom. The average Bonchev–Trinajstić information content (AvgIpc) is 2.89. The van der Waals surface area contributed by atoms with Gasteiger partial charge in [0.25, 0.3) is 0 Å². The smallest absolute Gasteiger partial charge is 0.235 e. The maximum Gasteiger partial charge on any atom is 0.235 e. The third-order valence-electron chi connectivity index (χ3n) is 6.26. The molecule has 0 amide bonds. The Hall–Kier alpha value is -4.44. The van der Waals surface area contributed by atoms with E-state index in [0.717, 1.165) is 27.8 Å². The van der Waals surface area contributed by atoms with Crippen LogP contribution in [0.2, 0.25) is 0 Å². The second kappa shape index (κ2) is 9.67. The van der Waals surface area contributed by atoms with Crippen LogP contribution in [0, 0.1) is 20.8 Å². The van der Waals surface area contributed by atoms with E-state index < -0.39 is 0 Å².